The number of nitrogens with one attached hydrogen (secondary N) is 1. The summed E-state index contributed by atoms with van der Waals surface area (Å²) in [5.74, 6) is 0.821. The number of aromatic nitrogens is 4. The Kier molecular flexibility index (Phi) is 3.44. The van der Waals surface area contributed by atoms with Gasteiger partial charge in [-0.1, -0.05) is 26.8 Å². The fourth-order valence-corrected chi connectivity index (χ4v) is 2.98. The number of oxazole rings is 1. The summed E-state index contributed by atoms with van der Waals surface area (Å²) < 4.78 is 5.96. The van der Waals surface area contributed by atoms with Crippen LogP contribution in [0.2, 0.25) is 0 Å². The highest BCUT2D eigenvalue weighted by molar-refractivity contribution is 5.75. The molecule has 2 aromatic heterocycles. The average Bonchev–Trinajstić information content (AvgIpc) is 3.23. The highest BCUT2D eigenvalue weighted by atomic mass is 16.4. The van der Waals surface area contributed by atoms with E-state index in [4.69, 9.17) is 9.40 Å². The number of rotatable bonds is 2. The van der Waals surface area contributed by atoms with Gasteiger partial charge in [-0.3, -0.25) is 0 Å². The third-order valence-corrected chi connectivity index (χ3v) is 4.49. The third-order valence-electron chi connectivity index (χ3n) is 4.49. The Morgan fingerprint density at radius 1 is 1.08 bits per heavy atom. The predicted molar refractivity (Wildman–Crippen MR) is 93.5 cm³/mol. The monoisotopic (exact) mass is 326 g/mol. The lowest BCUT2D eigenvalue weighted by Gasteiger charge is -2.33. The molecule has 1 aliphatic rings. The molecule has 0 amide bonds. The van der Waals surface area contributed by atoms with Crippen molar-refractivity contribution in [3.05, 3.63) is 30.1 Å². The molecule has 0 radical (unpaired) electrons. The van der Waals surface area contributed by atoms with Crippen LogP contribution in [0.15, 0.2) is 28.9 Å². The van der Waals surface area contributed by atoms with Crippen molar-refractivity contribution in [3.63, 3.8) is 0 Å². The van der Waals surface area contributed by atoms with Crippen LogP contribution < -0.4 is 9.80 Å². The molecule has 0 unspecified atom stereocenters. The first-order chi connectivity index (χ1) is 11.5. The summed E-state index contributed by atoms with van der Waals surface area (Å²) >= 11 is 0. The summed E-state index contributed by atoms with van der Waals surface area (Å²) in [4.78, 5) is 13.3. The molecule has 0 aliphatic carbocycles. The van der Waals surface area contributed by atoms with Crippen molar-refractivity contribution in [2.75, 3.05) is 36.0 Å². The fourth-order valence-electron chi connectivity index (χ4n) is 2.98. The number of H-pyrrole nitrogens is 1. The molecule has 1 aromatic carbocycles. The molecule has 1 aliphatic heterocycles. The number of nitrogens with zero attached hydrogens (tertiary/aromatic N) is 5. The molecular weight excluding hydrogens is 304 g/mol. The van der Waals surface area contributed by atoms with Gasteiger partial charge < -0.3 is 14.2 Å². The first-order valence-corrected chi connectivity index (χ1v) is 8.27. The Morgan fingerprint density at radius 3 is 2.50 bits per heavy atom. The van der Waals surface area contributed by atoms with Crippen LogP contribution in [0.3, 0.4) is 0 Å². The van der Waals surface area contributed by atoms with E-state index in [-0.39, 0.29) is 5.41 Å². The summed E-state index contributed by atoms with van der Waals surface area (Å²) in [7, 11) is 0. The Bertz CT molecular complexity index is 825. The number of hydrogen-bond donors (Lipinski definition) is 1. The van der Waals surface area contributed by atoms with Crippen molar-refractivity contribution in [1.29, 1.82) is 0 Å². The largest absolute Gasteiger partial charge is 0.423 e. The number of fused-ring (bicyclic) bond motifs is 1. The van der Waals surface area contributed by atoms with E-state index in [0.717, 1.165) is 43.2 Å². The minimum Gasteiger partial charge on any atom is -0.423 e. The fraction of sp³-hybridized carbons (Fsp3) is 0.471. The Balaban J connectivity index is 1.53. The first kappa shape index (κ1) is 15.0. The topological polar surface area (TPSA) is 74.1 Å². The highest BCUT2D eigenvalue weighted by Gasteiger charge is 2.23. The Hall–Kier alpha value is -2.57. The number of piperazine rings is 1. The van der Waals surface area contributed by atoms with Crippen LogP contribution in [0, 0.1) is 0 Å². The number of benzene rings is 1. The molecule has 3 heterocycles. The van der Waals surface area contributed by atoms with Crippen molar-refractivity contribution in [1.82, 2.24) is 20.2 Å². The van der Waals surface area contributed by atoms with Gasteiger partial charge in [-0.15, -0.1) is 0 Å². The number of anilines is 2. The molecule has 1 N–H and O–H groups in total. The summed E-state index contributed by atoms with van der Waals surface area (Å²) in [5.41, 5.74) is 3.14. The smallest absolute Gasteiger partial charge is 0.298 e. The maximum absolute atomic E-state index is 5.96. The Labute approximate surface area is 140 Å². The van der Waals surface area contributed by atoms with Gasteiger partial charge in [0.15, 0.2) is 5.58 Å². The second-order valence-electron chi connectivity index (χ2n) is 7.21. The van der Waals surface area contributed by atoms with E-state index in [1.165, 1.54) is 11.9 Å². The molecule has 0 atom stereocenters. The summed E-state index contributed by atoms with van der Waals surface area (Å²) in [6.07, 6.45) is 1.54. The van der Waals surface area contributed by atoms with Crippen LogP contribution in [-0.2, 0) is 5.41 Å². The summed E-state index contributed by atoms with van der Waals surface area (Å²) in [6.45, 7) is 10.0. The summed E-state index contributed by atoms with van der Waals surface area (Å²) in [6, 6.07) is 6.98. The van der Waals surface area contributed by atoms with Crippen molar-refractivity contribution in [2.45, 2.75) is 26.2 Å². The molecule has 1 fully saturated rings. The van der Waals surface area contributed by atoms with Gasteiger partial charge in [0.25, 0.3) is 6.01 Å². The van der Waals surface area contributed by atoms with Crippen LogP contribution in [-0.4, -0.2) is 46.3 Å². The second-order valence-corrected chi connectivity index (χ2v) is 7.21. The average molecular weight is 326 g/mol. The predicted octanol–water partition coefficient (Wildman–Crippen LogP) is 2.57. The van der Waals surface area contributed by atoms with E-state index in [1.807, 2.05) is 6.07 Å². The van der Waals surface area contributed by atoms with Crippen LogP contribution >= 0.6 is 0 Å². The lowest BCUT2D eigenvalue weighted by molar-refractivity contribution is 0.539. The van der Waals surface area contributed by atoms with Crippen LogP contribution in [0.5, 0.6) is 0 Å². The molecule has 3 aromatic rings. The highest BCUT2D eigenvalue weighted by Crippen LogP contribution is 2.29. The van der Waals surface area contributed by atoms with E-state index in [9.17, 15) is 0 Å². The van der Waals surface area contributed by atoms with Crippen molar-refractivity contribution < 1.29 is 4.42 Å². The van der Waals surface area contributed by atoms with E-state index in [0.29, 0.717) is 6.01 Å². The zero-order valence-electron chi connectivity index (χ0n) is 14.3. The molecule has 0 bridgehead atoms. The summed E-state index contributed by atoms with van der Waals surface area (Å²) in [5, 5.41) is 6.82. The molecular formula is C17H22N6O. The van der Waals surface area contributed by atoms with Crippen molar-refractivity contribution >= 4 is 23.1 Å². The number of aromatic amines is 1. The molecule has 0 saturated carbocycles. The van der Waals surface area contributed by atoms with Crippen molar-refractivity contribution in [3.8, 4) is 0 Å². The van der Waals surface area contributed by atoms with Gasteiger partial charge in [-0.2, -0.15) is 15.1 Å². The van der Waals surface area contributed by atoms with E-state index in [2.05, 4.69) is 57.9 Å². The SMILES string of the molecule is CC(C)(C)c1ccc2oc(N3CCN(c4ncn[nH]4)CC3)nc2c1. The zero-order chi connectivity index (χ0) is 16.7. The molecule has 7 nitrogen and oxygen atoms in total. The van der Waals surface area contributed by atoms with Gasteiger partial charge in [0.2, 0.25) is 5.95 Å². The van der Waals surface area contributed by atoms with E-state index in [1.54, 1.807) is 0 Å². The lowest BCUT2D eigenvalue weighted by atomic mass is 9.87. The van der Waals surface area contributed by atoms with Crippen molar-refractivity contribution in [2.24, 2.45) is 0 Å². The normalized spacial score (nSPS) is 16.1. The van der Waals surface area contributed by atoms with Crippen LogP contribution in [0.4, 0.5) is 12.0 Å². The van der Waals surface area contributed by atoms with Gasteiger partial charge in [0, 0.05) is 26.2 Å². The van der Waals surface area contributed by atoms with E-state index >= 15 is 0 Å². The molecule has 24 heavy (non-hydrogen) atoms. The molecule has 4 rings (SSSR count). The van der Waals surface area contributed by atoms with Gasteiger partial charge >= 0.3 is 0 Å². The van der Waals surface area contributed by atoms with Gasteiger partial charge in [-0.25, -0.2) is 5.10 Å². The maximum Gasteiger partial charge on any atom is 0.298 e. The third kappa shape index (κ3) is 2.70. The minimum atomic E-state index is 0.107. The lowest BCUT2D eigenvalue weighted by Crippen LogP contribution is -2.47. The first-order valence-electron chi connectivity index (χ1n) is 8.27. The number of hydrogen-bond acceptors (Lipinski definition) is 6. The van der Waals surface area contributed by atoms with E-state index < -0.39 is 0 Å². The van der Waals surface area contributed by atoms with Gasteiger partial charge in [-0.05, 0) is 23.1 Å². The molecule has 7 heteroatoms. The van der Waals surface area contributed by atoms with Crippen LogP contribution in [0.25, 0.3) is 11.1 Å². The Morgan fingerprint density at radius 2 is 1.83 bits per heavy atom. The maximum atomic E-state index is 5.96. The zero-order valence-corrected chi connectivity index (χ0v) is 14.3. The minimum absolute atomic E-state index is 0.107. The van der Waals surface area contributed by atoms with Gasteiger partial charge in [0.05, 0.1) is 0 Å². The molecule has 1 saturated heterocycles. The molecule has 0 spiro atoms. The molecule has 126 valence electrons. The van der Waals surface area contributed by atoms with Crippen LogP contribution in [0.1, 0.15) is 26.3 Å². The second kappa shape index (κ2) is 5.51. The quantitative estimate of drug-likeness (QED) is 0.780. The van der Waals surface area contributed by atoms with Gasteiger partial charge in [0.1, 0.15) is 11.8 Å². The standard InChI is InChI=1S/C17H22N6O/c1-17(2,3)12-4-5-14-13(10-12)20-16(24-14)23-8-6-22(7-9-23)15-18-11-19-21-15/h4-5,10-11H,6-9H2,1-3H3,(H,18,19,21).